The first-order valence-electron chi connectivity index (χ1n) is 8.55. The fraction of sp³-hybridized carbons (Fsp3) is 0.158. The van der Waals surface area contributed by atoms with Crippen LogP contribution in [0.4, 0.5) is 24.9 Å². The number of pyridine rings is 1. The lowest BCUT2D eigenvalue weighted by Gasteiger charge is -2.14. The lowest BCUT2D eigenvalue weighted by atomic mass is 10.1. The van der Waals surface area contributed by atoms with Crippen LogP contribution in [-0.4, -0.2) is 27.4 Å². The number of nitrogens with one attached hydrogen (secondary N) is 2. The van der Waals surface area contributed by atoms with Gasteiger partial charge in [0.25, 0.3) is 5.91 Å². The van der Waals surface area contributed by atoms with Crippen LogP contribution in [0.25, 0.3) is 0 Å². The first-order valence-corrected chi connectivity index (χ1v) is 8.55. The molecule has 0 aliphatic carbocycles. The van der Waals surface area contributed by atoms with E-state index in [0.717, 1.165) is 12.3 Å². The number of nitrogens with two attached hydrogens (primary N) is 1. The van der Waals surface area contributed by atoms with Crippen molar-refractivity contribution in [3.05, 3.63) is 77.7 Å². The molecule has 4 N–H and O–H groups in total. The van der Waals surface area contributed by atoms with Gasteiger partial charge in [-0.05, 0) is 30.3 Å². The van der Waals surface area contributed by atoms with Crippen LogP contribution in [-0.2, 0) is 6.18 Å². The van der Waals surface area contributed by atoms with Gasteiger partial charge in [-0.3, -0.25) is 9.78 Å². The molecule has 0 fully saturated rings. The molecule has 0 saturated heterocycles. The third kappa shape index (κ3) is 5.48. The minimum Gasteiger partial charge on any atom is -0.352 e. The average Bonchev–Trinajstić information content (AvgIpc) is 2.72. The van der Waals surface area contributed by atoms with Crippen LogP contribution in [0, 0.1) is 0 Å². The monoisotopic (exact) mass is 402 g/mol. The smallest absolute Gasteiger partial charge is 0.352 e. The lowest BCUT2D eigenvalue weighted by molar-refractivity contribution is -0.137. The molecule has 0 aliphatic heterocycles. The molecule has 3 aromatic rings. The van der Waals surface area contributed by atoms with Gasteiger partial charge >= 0.3 is 6.18 Å². The van der Waals surface area contributed by atoms with Crippen molar-refractivity contribution < 1.29 is 18.0 Å². The summed E-state index contributed by atoms with van der Waals surface area (Å²) in [6.45, 7) is 0.133. The number of hydrogen-bond donors (Lipinski definition) is 3. The summed E-state index contributed by atoms with van der Waals surface area (Å²) in [5, 5.41) is 5.54. The second kappa shape index (κ2) is 8.65. The first kappa shape index (κ1) is 20.2. The van der Waals surface area contributed by atoms with E-state index in [1.807, 2.05) is 0 Å². The predicted octanol–water partition coefficient (Wildman–Crippen LogP) is 3.25. The molecule has 2 heterocycles. The number of anilines is 2. The van der Waals surface area contributed by atoms with Crippen LogP contribution >= 0.6 is 0 Å². The Hall–Kier alpha value is -3.53. The van der Waals surface area contributed by atoms with Gasteiger partial charge in [-0.1, -0.05) is 18.2 Å². The Morgan fingerprint density at radius 3 is 2.48 bits per heavy atom. The first-order chi connectivity index (χ1) is 13.8. The van der Waals surface area contributed by atoms with Crippen molar-refractivity contribution in [2.45, 2.75) is 12.2 Å². The van der Waals surface area contributed by atoms with E-state index < -0.39 is 17.8 Å². The van der Waals surface area contributed by atoms with Gasteiger partial charge in [0.2, 0.25) is 5.95 Å². The number of nitrogens with zero attached hydrogens (tertiary/aromatic N) is 3. The van der Waals surface area contributed by atoms with E-state index in [1.54, 1.807) is 30.3 Å². The molecule has 0 saturated carbocycles. The Bertz CT molecular complexity index is 964. The van der Waals surface area contributed by atoms with E-state index in [1.165, 1.54) is 18.3 Å². The van der Waals surface area contributed by atoms with Crippen molar-refractivity contribution in [1.82, 2.24) is 15.0 Å². The fourth-order valence-electron chi connectivity index (χ4n) is 2.39. The van der Waals surface area contributed by atoms with Crippen LogP contribution in [0.15, 0.2) is 60.9 Å². The number of amides is 1. The number of hydrogen-bond acceptors (Lipinski definition) is 6. The second-order valence-corrected chi connectivity index (χ2v) is 6.04. The molecule has 1 atom stereocenters. The van der Waals surface area contributed by atoms with Crippen molar-refractivity contribution >= 4 is 17.7 Å². The molecule has 1 aromatic carbocycles. The standard InChI is InChI=1S/C19H17F3N6O/c20-19(21,22)13-6-7-15(25-10-13)14(23)11-26-18-24-9-8-16(28-18)27-17(29)12-4-2-1-3-5-12/h1-10,14H,11,23H2,(H2,24,26,27,28,29). The van der Waals surface area contributed by atoms with Gasteiger partial charge in [0, 0.05) is 24.5 Å². The molecule has 150 valence electrons. The van der Waals surface area contributed by atoms with E-state index in [4.69, 9.17) is 5.73 Å². The van der Waals surface area contributed by atoms with Crippen molar-refractivity contribution in [3.63, 3.8) is 0 Å². The SMILES string of the molecule is NC(CNc1nccc(NC(=O)c2ccccc2)n1)c1ccc(C(F)(F)F)cn1. The molecule has 2 aromatic heterocycles. The van der Waals surface area contributed by atoms with E-state index >= 15 is 0 Å². The zero-order chi connectivity index (χ0) is 20.9. The van der Waals surface area contributed by atoms with Crippen LogP contribution in [0.2, 0.25) is 0 Å². The second-order valence-electron chi connectivity index (χ2n) is 6.04. The molecular formula is C19H17F3N6O. The Morgan fingerprint density at radius 2 is 1.83 bits per heavy atom. The van der Waals surface area contributed by atoms with Crippen molar-refractivity contribution in [2.75, 3.05) is 17.2 Å². The number of carbonyl (C=O) groups is 1. The van der Waals surface area contributed by atoms with E-state index in [0.29, 0.717) is 11.3 Å². The summed E-state index contributed by atoms with van der Waals surface area (Å²) in [5.74, 6) is 0.178. The molecule has 7 nitrogen and oxygen atoms in total. The molecule has 0 aliphatic rings. The van der Waals surface area contributed by atoms with Gasteiger partial charge in [0.15, 0.2) is 0 Å². The van der Waals surface area contributed by atoms with Gasteiger partial charge in [0.05, 0.1) is 17.3 Å². The van der Waals surface area contributed by atoms with Crippen molar-refractivity contribution in [3.8, 4) is 0 Å². The maximum atomic E-state index is 12.6. The summed E-state index contributed by atoms with van der Waals surface area (Å²) < 4.78 is 37.8. The molecule has 1 unspecified atom stereocenters. The Labute approximate surface area is 164 Å². The summed E-state index contributed by atoms with van der Waals surface area (Å²) in [6.07, 6.45) is -2.25. The average molecular weight is 402 g/mol. The van der Waals surface area contributed by atoms with Crippen LogP contribution in [0.1, 0.15) is 27.7 Å². The lowest BCUT2D eigenvalue weighted by Crippen LogP contribution is -2.23. The summed E-state index contributed by atoms with van der Waals surface area (Å²) in [7, 11) is 0. The Balaban J connectivity index is 1.59. The van der Waals surface area contributed by atoms with Gasteiger partial charge in [-0.25, -0.2) is 4.98 Å². The number of carbonyl (C=O) groups excluding carboxylic acids is 1. The maximum absolute atomic E-state index is 12.6. The summed E-state index contributed by atoms with van der Waals surface area (Å²) in [4.78, 5) is 24.1. The highest BCUT2D eigenvalue weighted by Gasteiger charge is 2.30. The predicted molar refractivity (Wildman–Crippen MR) is 101 cm³/mol. The van der Waals surface area contributed by atoms with Crippen molar-refractivity contribution in [1.29, 1.82) is 0 Å². The molecule has 0 bridgehead atoms. The molecule has 0 radical (unpaired) electrons. The Kier molecular flexibility index (Phi) is 6.03. The van der Waals surface area contributed by atoms with Crippen molar-refractivity contribution in [2.24, 2.45) is 5.73 Å². The minimum absolute atomic E-state index is 0.133. The van der Waals surface area contributed by atoms with Crippen LogP contribution < -0.4 is 16.4 Å². The van der Waals surface area contributed by atoms with E-state index in [2.05, 4.69) is 25.6 Å². The number of benzene rings is 1. The summed E-state index contributed by atoms with van der Waals surface area (Å²) in [5.41, 5.74) is 5.90. The number of rotatable bonds is 6. The molecular weight excluding hydrogens is 385 g/mol. The zero-order valence-electron chi connectivity index (χ0n) is 15.0. The summed E-state index contributed by atoms with van der Waals surface area (Å²) in [6, 6.07) is 11.7. The van der Waals surface area contributed by atoms with Gasteiger partial charge in [-0.15, -0.1) is 0 Å². The largest absolute Gasteiger partial charge is 0.417 e. The number of alkyl halides is 3. The summed E-state index contributed by atoms with van der Waals surface area (Å²) >= 11 is 0. The molecule has 0 spiro atoms. The minimum atomic E-state index is -4.45. The van der Waals surface area contributed by atoms with Gasteiger partial charge < -0.3 is 16.4 Å². The van der Waals surface area contributed by atoms with E-state index in [9.17, 15) is 18.0 Å². The Morgan fingerprint density at radius 1 is 1.07 bits per heavy atom. The third-order valence-corrected chi connectivity index (χ3v) is 3.91. The van der Waals surface area contributed by atoms with Gasteiger partial charge in [0.1, 0.15) is 5.82 Å². The highest BCUT2D eigenvalue weighted by atomic mass is 19.4. The maximum Gasteiger partial charge on any atom is 0.417 e. The quantitative estimate of drug-likeness (QED) is 0.585. The number of aromatic nitrogens is 3. The molecule has 1 amide bonds. The highest BCUT2D eigenvalue weighted by Crippen LogP contribution is 2.28. The zero-order valence-corrected chi connectivity index (χ0v) is 15.0. The third-order valence-electron chi connectivity index (χ3n) is 3.91. The van der Waals surface area contributed by atoms with Crippen LogP contribution in [0.5, 0.6) is 0 Å². The van der Waals surface area contributed by atoms with E-state index in [-0.39, 0.29) is 24.2 Å². The molecule has 3 rings (SSSR count). The number of halogens is 3. The highest BCUT2D eigenvalue weighted by molar-refractivity contribution is 6.03. The molecule has 10 heteroatoms. The molecule has 29 heavy (non-hydrogen) atoms. The van der Waals surface area contributed by atoms with Gasteiger partial charge in [-0.2, -0.15) is 18.2 Å². The topological polar surface area (TPSA) is 106 Å². The van der Waals surface area contributed by atoms with Crippen LogP contribution in [0.3, 0.4) is 0 Å². The fourth-order valence-corrected chi connectivity index (χ4v) is 2.39. The normalized spacial score (nSPS) is 12.3.